The molecule has 1 aliphatic rings. The number of aryl methyl sites for hydroxylation is 1. The summed E-state index contributed by atoms with van der Waals surface area (Å²) in [5.41, 5.74) is 0. The van der Waals surface area contributed by atoms with Gasteiger partial charge in [-0.2, -0.15) is 0 Å². The van der Waals surface area contributed by atoms with E-state index in [2.05, 4.69) is 14.9 Å². The summed E-state index contributed by atoms with van der Waals surface area (Å²) in [4.78, 5) is 17.2. The molecule has 118 valence electrons. The van der Waals surface area contributed by atoms with Crippen molar-refractivity contribution in [3.8, 4) is 0 Å². The van der Waals surface area contributed by atoms with Gasteiger partial charge < -0.3 is 9.88 Å². The lowest BCUT2D eigenvalue weighted by Gasteiger charge is -2.28. The fourth-order valence-electron chi connectivity index (χ4n) is 2.63. The normalized spacial score (nSPS) is 21.7. The monoisotopic (exact) mass is 355 g/mol. The summed E-state index contributed by atoms with van der Waals surface area (Å²) < 4.78 is 2.71. The molecule has 2 heterocycles. The van der Waals surface area contributed by atoms with Gasteiger partial charge in [0.2, 0.25) is 0 Å². The number of carbonyl (C=O) groups is 1. The molecular weight excluding hydrogens is 338 g/mol. The highest BCUT2D eigenvalue weighted by Gasteiger charge is 2.24. The number of halogens is 1. The molecule has 4 nitrogen and oxygen atoms in total. The number of nitrogens with one attached hydrogen (secondary N) is 1. The van der Waals surface area contributed by atoms with Gasteiger partial charge in [-0.15, -0.1) is 11.3 Å². The molecular formula is C15H18ClN3OS2. The van der Waals surface area contributed by atoms with Crippen molar-refractivity contribution in [3.05, 3.63) is 33.7 Å². The summed E-state index contributed by atoms with van der Waals surface area (Å²) in [6.45, 7) is 0. The van der Waals surface area contributed by atoms with Gasteiger partial charge in [0.1, 0.15) is 0 Å². The minimum Gasteiger partial charge on any atom is -0.349 e. The quantitative estimate of drug-likeness (QED) is 0.902. The Balaban J connectivity index is 1.47. The summed E-state index contributed by atoms with van der Waals surface area (Å²) in [7, 11) is 2.02. The second kappa shape index (κ2) is 7.06. The van der Waals surface area contributed by atoms with E-state index in [9.17, 15) is 4.79 Å². The number of amides is 1. The van der Waals surface area contributed by atoms with E-state index in [1.54, 1.807) is 12.1 Å². The number of carbonyl (C=O) groups excluding carboxylic acids is 1. The summed E-state index contributed by atoms with van der Waals surface area (Å²) in [5.74, 6) is -0.00268. The second-order valence-electron chi connectivity index (χ2n) is 5.49. The molecule has 0 radical (unpaired) electrons. The van der Waals surface area contributed by atoms with Crippen LogP contribution in [0, 0.1) is 0 Å². The van der Waals surface area contributed by atoms with Crippen molar-refractivity contribution in [1.29, 1.82) is 0 Å². The van der Waals surface area contributed by atoms with Gasteiger partial charge in [0.05, 0.1) is 9.21 Å². The van der Waals surface area contributed by atoms with Crippen LogP contribution in [0.25, 0.3) is 0 Å². The van der Waals surface area contributed by atoms with Crippen molar-refractivity contribution < 1.29 is 4.79 Å². The lowest BCUT2D eigenvalue weighted by atomic mass is 9.95. The summed E-state index contributed by atoms with van der Waals surface area (Å²) in [6.07, 6.45) is 8.06. The third-order valence-electron chi connectivity index (χ3n) is 3.86. The van der Waals surface area contributed by atoms with E-state index < -0.39 is 0 Å². The maximum absolute atomic E-state index is 12.1. The lowest BCUT2D eigenvalue weighted by Crippen LogP contribution is -2.37. The maximum Gasteiger partial charge on any atom is 0.261 e. The fraction of sp³-hybridized carbons (Fsp3) is 0.467. The first kappa shape index (κ1) is 15.9. The molecule has 1 N–H and O–H groups in total. The van der Waals surface area contributed by atoms with Crippen molar-refractivity contribution in [2.45, 2.75) is 42.1 Å². The Labute approximate surface area is 143 Å². The van der Waals surface area contributed by atoms with Gasteiger partial charge in [-0.05, 0) is 37.8 Å². The Morgan fingerprint density at radius 1 is 1.41 bits per heavy atom. The average molecular weight is 356 g/mol. The number of rotatable bonds is 4. The minimum atomic E-state index is -0.00268. The van der Waals surface area contributed by atoms with Crippen LogP contribution < -0.4 is 5.32 Å². The van der Waals surface area contributed by atoms with Crippen molar-refractivity contribution >= 4 is 40.6 Å². The third kappa shape index (κ3) is 3.86. The zero-order valence-electron chi connectivity index (χ0n) is 12.3. The van der Waals surface area contributed by atoms with Crippen LogP contribution in [-0.2, 0) is 7.05 Å². The van der Waals surface area contributed by atoms with Crippen LogP contribution in [0.4, 0.5) is 0 Å². The number of imidazole rings is 1. The minimum absolute atomic E-state index is 0.00268. The Morgan fingerprint density at radius 2 is 2.18 bits per heavy atom. The van der Waals surface area contributed by atoms with Crippen LogP contribution >= 0.6 is 34.7 Å². The number of nitrogens with zero attached hydrogens (tertiary/aromatic N) is 2. The number of thiophene rings is 1. The predicted molar refractivity (Wildman–Crippen MR) is 91.9 cm³/mol. The van der Waals surface area contributed by atoms with E-state index in [4.69, 9.17) is 11.6 Å². The third-order valence-corrected chi connectivity index (χ3v) is 6.49. The van der Waals surface area contributed by atoms with Crippen molar-refractivity contribution in [2.24, 2.45) is 7.05 Å². The highest BCUT2D eigenvalue weighted by molar-refractivity contribution is 7.99. The van der Waals surface area contributed by atoms with E-state index in [-0.39, 0.29) is 11.9 Å². The van der Waals surface area contributed by atoms with Crippen LogP contribution in [-0.4, -0.2) is 26.8 Å². The molecule has 0 atom stereocenters. The van der Waals surface area contributed by atoms with Gasteiger partial charge in [0.15, 0.2) is 5.16 Å². The predicted octanol–water partition coefficient (Wildman–Crippen LogP) is 3.97. The van der Waals surface area contributed by atoms with E-state index in [0.717, 1.165) is 30.8 Å². The van der Waals surface area contributed by atoms with Crippen LogP contribution in [0.5, 0.6) is 0 Å². The zero-order valence-corrected chi connectivity index (χ0v) is 14.7. The summed E-state index contributed by atoms with van der Waals surface area (Å²) in [5, 5.41) is 4.78. The molecule has 0 aliphatic heterocycles. The van der Waals surface area contributed by atoms with Gasteiger partial charge in [-0.25, -0.2) is 4.98 Å². The standard InChI is InChI=1S/C15H18ClN3OS2/c1-19-9-8-17-15(19)21-11-4-2-10(3-5-11)18-14(20)12-6-7-13(16)22-12/h6-11H,2-5H2,1H3,(H,18,20). The lowest BCUT2D eigenvalue weighted by molar-refractivity contribution is 0.0932. The number of aromatic nitrogens is 2. The molecule has 0 bridgehead atoms. The first-order valence-electron chi connectivity index (χ1n) is 7.32. The second-order valence-corrected chi connectivity index (χ2v) is 8.47. The Morgan fingerprint density at radius 3 is 2.77 bits per heavy atom. The number of hydrogen-bond acceptors (Lipinski definition) is 4. The van der Waals surface area contributed by atoms with E-state index >= 15 is 0 Å². The van der Waals surface area contributed by atoms with Crippen molar-refractivity contribution in [2.75, 3.05) is 0 Å². The Kier molecular flexibility index (Phi) is 5.10. The van der Waals surface area contributed by atoms with Gasteiger partial charge in [-0.3, -0.25) is 4.79 Å². The molecule has 2 aromatic rings. The summed E-state index contributed by atoms with van der Waals surface area (Å²) >= 11 is 9.04. The Bertz CT molecular complexity index is 647. The number of thioether (sulfide) groups is 1. The molecule has 3 rings (SSSR count). The highest BCUT2D eigenvalue weighted by Crippen LogP contribution is 2.33. The summed E-state index contributed by atoms with van der Waals surface area (Å²) in [6, 6.07) is 3.82. The van der Waals surface area contributed by atoms with Gasteiger partial charge in [0, 0.05) is 30.7 Å². The van der Waals surface area contributed by atoms with E-state index in [1.165, 1.54) is 11.3 Å². The molecule has 0 aromatic carbocycles. The molecule has 7 heteroatoms. The fourth-order valence-corrected chi connectivity index (χ4v) is 4.73. The van der Waals surface area contributed by atoms with Crippen molar-refractivity contribution in [1.82, 2.24) is 14.9 Å². The highest BCUT2D eigenvalue weighted by atomic mass is 35.5. The first-order valence-corrected chi connectivity index (χ1v) is 9.39. The molecule has 1 amide bonds. The van der Waals surface area contributed by atoms with Gasteiger partial charge >= 0.3 is 0 Å². The molecule has 0 saturated heterocycles. The molecule has 1 saturated carbocycles. The number of hydrogen-bond donors (Lipinski definition) is 1. The van der Waals surface area contributed by atoms with Crippen molar-refractivity contribution in [3.63, 3.8) is 0 Å². The SMILES string of the molecule is Cn1ccnc1SC1CCC(NC(=O)c2ccc(Cl)s2)CC1. The topological polar surface area (TPSA) is 46.9 Å². The van der Waals surface area contributed by atoms with E-state index in [1.807, 2.05) is 31.2 Å². The maximum atomic E-state index is 12.1. The zero-order chi connectivity index (χ0) is 15.5. The first-order chi connectivity index (χ1) is 10.6. The molecule has 1 aliphatic carbocycles. The molecule has 0 spiro atoms. The molecule has 2 aromatic heterocycles. The van der Waals surface area contributed by atoms with Crippen LogP contribution in [0.2, 0.25) is 4.34 Å². The van der Waals surface area contributed by atoms with Crippen LogP contribution in [0.15, 0.2) is 29.7 Å². The smallest absolute Gasteiger partial charge is 0.261 e. The van der Waals surface area contributed by atoms with Gasteiger partial charge in [-0.1, -0.05) is 23.4 Å². The average Bonchev–Trinajstić information content (AvgIpc) is 3.10. The largest absolute Gasteiger partial charge is 0.349 e. The van der Waals surface area contributed by atoms with Crippen LogP contribution in [0.3, 0.4) is 0 Å². The van der Waals surface area contributed by atoms with Gasteiger partial charge in [0.25, 0.3) is 5.91 Å². The molecule has 22 heavy (non-hydrogen) atoms. The van der Waals surface area contributed by atoms with Crippen LogP contribution in [0.1, 0.15) is 35.4 Å². The van der Waals surface area contributed by atoms with E-state index in [0.29, 0.717) is 14.5 Å². The Hall–Kier alpha value is -0.980. The molecule has 0 unspecified atom stereocenters. The molecule has 1 fully saturated rings.